The van der Waals surface area contributed by atoms with Crippen LogP contribution in [0.1, 0.15) is 5.76 Å². The van der Waals surface area contributed by atoms with E-state index in [0.717, 1.165) is 16.8 Å². The molecule has 0 fully saturated rings. The molecule has 92 valence electrons. The van der Waals surface area contributed by atoms with Crippen molar-refractivity contribution in [3.8, 4) is 11.6 Å². The Labute approximate surface area is 103 Å². The van der Waals surface area contributed by atoms with Gasteiger partial charge in [0.15, 0.2) is 0 Å². The van der Waals surface area contributed by atoms with Crippen molar-refractivity contribution in [2.75, 3.05) is 7.11 Å². The summed E-state index contributed by atoms with van der Waals surface area (Å²) in [6.45, 7) is 1.84. The van der Waals surface area contributed by atoms with Crippen molar-refractivity contribution in [3.63, 3.8) is 0 Å². The summed E-state index contributed by atoms with van der Waals surface area (Å²) in [5.74, 6) is 1.95. The summed E-state index contributed by atoms with van der Waals surface area (Å²) in [5.41, 5.74) is 1.25. The molecule has 1 aromatic carbocycles. The van der Waals surface area contributed by atoms with Gasteiger partial charge in [-0.1, -0.05) is 0 Å². The molecular formula is C13H12N2O3. The van der Waals surface area contributed by atoms with E-state index >= 15 is 0 Å². The first-order valence-corrected chi connectivity index (χ1v) is 5.54. The summed E-state index contributed by atoms with van der Waals surface area (Å²) in [6, 6.07) is 8.99. The number of aromatic amines is 1. The second-order valence-electron chi connectivity index (χ2n) is 4.03. The average molecular weight is 244 g/mol. The molecule has 3 rings (SSSR count). The summed E-state index contributed by atoms with van der Waals surface area (Å²) in [6.07, 6.45) is 0. The number of ether oxygens (including phenoxy) is 1. The molecule has 0 unspecified atom stereocenters. The number of nitrogens with one attached hydrogen (secondary N) is 1. The van der Waals surface area contributed by atoms with Gasteiger partial charge in [-0.15, -0.1) is 0 Å². The van der Waals surface area contributed by atoms with Crippen molar-refractivity contribution >= 4 is 11.0 Å². The predicted molar refractivity (Wildman–Crippen MR) is 67.5 cm³/mol. The molecule has 0 saturated carbocycles. The van der Waals surface area contributed by atoms with Crippen molar-refractivity contribution < 1.29 is 9.15 Å². The summed E-state index contributed by atoms with van der Waals surface area (Å²) >= 11 is 0. The van der Waals surface area contributed by atoms with Gasteiger partial charge < -0.3 is 14.1 Å². The van der Waals surface area contributed by atoms with Crippen LogP contribution in [0.2, 0.25) is 0 Å². The summed E-state index contributed by atoms with van der Waals surface area (Å²) in [5, 5.41) is 0. The van der Waals surface area contributed by atoms with Gasteiger partial charge >= 0.3 is 5.69 Å². The van der Waals surface area contributed by atoms with E-state index in [2.05, 4.69) is 4.98 Å². The van der Waals surface area contributed by atoms with Crippen LogP contribution in [0.4, 0.5) is 0 Å². The van der Waals surface area contributed by atoms with Gasteiger partial charge in [0.25, 0.3) is 0 Å². The van der Waals surface area contributed by atoms with Gasteiger partial charge in [-0.25, -0.2) is 9.36 Å². The fraction of sp³-hybridized carbons (Fsp3) is 0.154. The molecule has 3 aromatic rings. The highest BCUT2D eigenvalue weighted by atomic mass is 16.5. The normalized spacial score (nSPS) is 11.0. The minimum Gasteiger partial charge on any atom is -0.497 e. The number of rotatable bonds is 2. The highest BCUT2D eigenvalue weighted by Crippen LogP contribution is 2.21. The van der Waals surface area contributed by atoms with Crippen molar-refractivity contribution in [2.24, 2.45) is 0 Å². The van der Waals surface area contributed by atoms with Gasteiger partial charge in [0.1, 0.15) is 11.5 Å². The first-order chi connectivity index (χ1) is 8.69. The molecule has 0 radical (unpaired) electrons. The van der Waals surface area contributed by atoms with Crippen LogP contribution in [0.15, 0.2) is 39.5 Å². The molecule has 0 saturated heterocycles. The fourth-order valence-corrected chi connectivity index (χ4v) is 1.97. The Kier molecular flexibility index (Phi) is 2.26. The smallest absolute Gasteiger partial charge is 0.333 e. The zero-order chi connectivity index (χ0) is 12.7. The molecule has 5 nitrogen and oxygen atoms in total. The molecule has 1 N–H and O–H groups in total. The van der Waals surface area contributed by atoms with Gasteiger partial charge in [0.05, 0.1) is 18.1 Å². The SMILES string of the molecule is COc1ccc2[nH]c(=O)n(-c3ccc(C)o3)c2c1. The zero-order valence-corrected chi connectivity index (χ0v) is 10.1. The van der Waals surface area contributed by atoms with Crippen LogP contribution >= 0.6 is 0 Å². The molecule has 0 aliphatic heterocycles. The van der Waals surface area contributed by atoms with E-state index in [-0.39, 0.29) is 5.69 Å². The number of aromatic nitrogens is 2. The molecule has 0 aliphatic rings. The molecule has 2 aromatic heterocycles. The van der Waals surface area contributed by atoms with Crippen LogP contribution in [0.5, 0.6) is 5.75 Å². The fourth-order valence-electron chi connectivity index (χ4n) is 1.97. The van der Waals surface area contributed by atoms with Crippen LogP contribution in [0.25, 0.3) is 16.9 Å². The number of methoxy groups -OCH3 is 1. The quantitative estimate of drug-likeness (QED) is 0.752. The standard InChI is InChI=1S/C13H12N2O3/c1-8-3-6-12(18-8)15-11-7-9(17-2)4-5-10(11)14-13(15)16/h3-7H,1-2H3,(H,14,16). The number of H-pyrrole nitrogens is 1. The Hall–Kier alpha value is -2.43. The van der Waals surface area contributed by atoms with Crippen LogP contribution in [-0.4, -0.2) is 16.7 Å². The highest BCUT2D eigenvalue weighted by Gasteiger charge is 2.12. The van der Waals surface area contributed by atoms with Gasteiger partial charge in [-0.2, -0.15) is 0 Å². The van der Waals surface area contributed by atoms with Gasteiger partial charge in [-0.3, -0.25) is 0 Å². The number of benzene rings is 1. The van der Waals surface area contributed by atoms with Crippen LogP contribution in [0, 0.1) is 6.92 Å². The van der Waals surface area contributed by atoms with E-state index in [4.69, 9.17) is 9.15 Å². The topological polar surface area (TPSA) is 60.2 Å². The molecule has 18 heavy (non-hydrogen) atoms. The Bertz CT molecular complexity index is 764. The lowest BCUT2D eigenvalue weighted by atomic mass is 10.3. The van der Waals surface area contributed by atoms with Gasteiger partial charge in [-0.05, 0) is 25.1 Å². The number of hydrogen-bond acceptors (Lipinski definition) is 3. The maximum atomic E-state index is 12.0. The zero-order valence-electron chi connectivity index (χ0n) is 10.1. The number of nitrogens with zero attached hydrogens (tertiary/aromatic N) is 1. The number of aryl methyl sites for hydroxylation is 1. The maximum Gasteiger partial charge on any atom is 0.333 e. The lowest BCUT2D eigenvalue weighted by molar-refractivity contribution is 0.415. The third-order valence-electron chi connectivity index (χ3n) is 2.84. The molecular weight excluding hydrogens is 232 g/mol. The summed E-state index contributed by atoms with van der Waals surface area (Å²) < 4.78 is 12.2. The lowest BCUT2D eigenvalue weighted by Crippen LogP contribution is -2.13. The van der Waals surface area contributed by atoms with Gasteiger partial charge in [0, 0.05) is 12.1 Å². The minimum absolute atomic E-state index is 0.229. The monoisotopic (exact) mass is 244 g/mol. The molecule has 0 atom stereocenters. The van der Waals surface area contributed by atoms with Crippen LogP contribution in [0.3, 0.4) is 0 Å². The van der Waals surface area contributed by atoms with E-state index in [1.54, 1.807) is 25.3 Å². The number of furan rings is 1. The first kappa shape index (κ1) is 10.7. The van der Waals surface area contributed by atoms with Crippen molar-refractivity contribution in [1.82, 2.24) is 9.55 Å². The van der Waals surface area contributed by atoms with E-state index in [1.807, 2.05) is 19.1 Å². The van der Waals surface area contributed by atoms with E-state index < -0.39 is 0 Å². The average Bonchev–Trinajstić information content (AvgIpc) is 2.90. The number of imidazole rings is 1. The molecule has 0 amide bonds. The third-order valence-corrected chi connectivity index (χ3v) is 2.84. The molecule has 5 heteroatoms. The Morgan fingerprint density at radius 2 is 2.11 bits per heavy atom. The minimum atomic E-state index is -0.229. The van der Waals surface area contributed by atoms with Crippen molar-refractivity contribution in [1.29, 1.82) is 0 Å². The Morgan fingerprint density at radius 1 is 1.28 bits per heavy atom. The Balaban J connectivity index is 2.33. The van der Waals surface area contributed by atoms with E-state index in [9.17, 15) is 4.79 Å². The summed E-state index contributed by atoms with van der Waals surface area (Å²) in [4.78, 5) is 14.7. The van der Waals surface area contributed by atoms with E-state index in [1.165, 1.54) is 4.57 Å². The molecule has 0 aliphatic carbocycles. The Morgan fingerprint density at radius 3 is 2.78 bits per heavy atom. The highest BCUT2D eigenvalue weighted by molar-refractivity contribution is 5.78. The first-order valence-electron chi connectivity index (χ1n) is 5.54. The second kappa shape index (κ2) is 3.80. The number of hydrogen-bond donors (Lipinski definition) is 1. The van der Waals surface area contributed by atoms with Crippen LogP contribution < -0.4 is 10.4 Å². The molecule has 0 bridgehead atoms. The van der Waals surface area contributed by atoms with Gasteiger partial charge in [0.2, 0.25) is 5.88 Å². The van der Waals surface area contributed by atoms with Crippen molar-refractivity contribution in [2.45, 2.75) is 6.92 Å². The predicted octanol–water partition coefficient (Wildman–Crippen LogP) is 2.23. The summed E-state index contributed by atoms with van der Waals surface area (Å²) in [7, 11) is 1.59. The number of fused-ring (bicyclic) bond motifs is 1. The largest absolute Gasteiger partial charge is 0.497 e. The molecule has 0 spiro atoms. The lowest BCUT2D eigenvalue weighted by Gasteiger charge is -2.01. The third kappa shape index (κ3) is 1.52. The van der Waals surface area contributed by atoms with Crippen LogP contribution in [-0.2, 0) is 0 Å². The molecule has 2 heterocycles. The van der Waals surface area contributed by atoms with E-state index in [0.29, 0.717) is 11.6 Å². The second-order valence-corrected chi connectivity index (χ2v) is 4.03. The van der Waals surface area contributed by atoms with Crippen molar-refractivity contribution in [3.05, 3.63) is 46.6 Å². The maximum absolute atomic E-state index is 12.0.